The van der Waals surface area contributed by atoms with Gasteiger partial charge in [0.2, 0.25) is 15.9 Å². The summed E-state index contributed by atoms with van der Waals surface area (Å²) in [5, 5.41) is 4.64. The highest BCUT2D eigenvalue weighted by molar-refractivity contribution is 7.88. The second kappa shape index (κ2) is 7.37. The number of nitrogens with zero attached hydrogens (tertiary/aromatic N) is 2. The van der Waals surface area contributed by atoms with Crippen molar-refractivity contribution in [2.45, 2.75) is 12.8 Å². The van der Waals surface area contributed by atoms with Gasteiger partial charge in [-0.25, -0.2) is 26.5 Å². The van der Waals surface area contributed by atoms with Crippen LogP contribution in [0.1, 0.15) is 12.8 Å². The summed E-state index contributed by atoms with van der Waals surface area (Å²) >= 11 is 1.16. The minimum absolute atomic E-state index is 0.145. The third kappa shape index (κ3) is 4.25. The fourth-order valence-electron chi connectivity index (χ4n) is 2.78. The molecule has 1 atom stereocenters. The highest BCUT2D eigenvalue weighted by Gasteiger charge is 2.30. The highest BCUT2D eigenvalue weighted by atomic mass is 32.2. The van der Waals surface area contributed by atoms with E-state index in [0.29, 0.717) is 35.8 Å². The molecule has 6 nitrogen and oxygen atoms in total. The van der Waals surface area contributed by atoms with Gasteiger partial charge in [-0.1, -0.05) is 0 Å². The second-order valence-corrected chi connectivity index (χ2v) is 8.96. The van der Waals surface area contributed by atoms with Crippen LogP contribution in [-0.4, -0.2) is 43.0 Å². The first-order valence-corrected chi connectivity index (χ1v) is 10.6. The van der Waals surface area contributed by atoms with Crippen LogP contribution in [0.2, 0.25) is 0 Å². The van der Waals surface area contributed by atoms with E-state index in [1.165, 1.54) is 10.4 Å². The normalized spacial score (nSPS) is 18.7. The van der Waals surface area contributed by atoms with Crippen molar-refractivity contribution in [3.05, 3.63) is 35.2 Å². The SMILES string of the molecule is CS(=O)(=O)N1CCC[C@@H](C(=O)Nc2nc(-c3ccc(F)c(F)c3)cs2)C1. The van der Waals surface area contributed by atoms with Crippen LogP contribution in [0.3, 0.4) is 0 Å². The Hall–Kier alpha value is -1.91. The van der Waals surface area contributed by atoms with Gasteiger partial charge in [0.15, 0.2) is 16.8 Å². The lowest BCUT2D eigenvalue weighted by atomic mass is 9.99. The van der Waals surface area contributed by atoms with E-state index in [-0.39, 0.29) is 12.5 Å². The van der Waals surface area contributed by atoms with Gasteiger partial charge in [-0.05, 0) is 31.0 Å². The topological polar surface area (TPSA) is 79.4 Å². The quantitative estimate of drug-likeness (QED) is 0.854. The Morgan fingerprint density at radius 2 is 2.12 bits per heavy atom. The number of halogens is 2. The molecule has 10 heteroatoms. The van der Waals surface area contributed by atoms with E-state index in [9.17, 15) is 22.0 Å². The minimum atomic E-state index is -3.33. The molecular formula is C16H17F2N3O3S2. The van der Waals surface area contributed by atoms with Gasteiger partial charge in [0.05, 0.1) is 17.9 Å². The zero-order chi connectivity index (χ0) is 18.9. The third-order valence-corrected chi connectivity index (χ3v) is 6.20. The molecule has 1 aromatic heterocycles. The lowest BCUT2D eigenvalue weighted by Crippen LogP contribution is -2.43. The minimum Gasteiger partial charge on any atom is -0.302 e. The van der Waals surface area contributed by atoms with Crippen LogP contribution in [0.5, 0.6) is 0 Å². The average molecular weight is 401 g/mol. The molecule has 0 bridgehead atoms. The number of rotatable bonds is 4. The van der Waals surface area contributed by atoms with E-state index in [2.05, 4.69) is 10.3 Å². The number of benzene rings is 1. The van der Waals surface area contributed by atoms with Crippen molar-refractivity contribution in [3.63, 3.8) is 0 Å². The maximum absolute atomic E-state index is 13.3. The predicted molar refractivity (Wildman–Crippen MR) is 95.2 cm³/mol. The van der Waals surface area contributed by atoms with Gasteiger partial charge in [0.25, 0.3) is 0 Å². The smallest absolute Gasteiger partial charge is 0.230 e. The lowest BCUT2D eigenvalue weighted by molar-refractivity contribution is -0.120. The van der Waals surface area contributed by atoms with E-state index in [1.54, 1.807) is 5.38 Å². The second-order valence-electron chi connectivity index (χ2n) is 6.12. The number of thiazole rings is 1. The van der Waals surface area contributed by atoms with Crippen LogP contribution in [0.4, 0.5) is 13.9 Å². The number of piperidine rings is 1. The van der Waals surface area contributed by atoms with Crippen molar-refractivity contribution in [2.24, 2.45) is 5.92 Å². The van der Waals surface area contributed by atoms with Crippen molar-refractivity contribution in [1.29, 1.82) is 0 Å². The van der Waals surface area contributed by atoms with E-state index >= 15 is 0 Å². The molecule has 1 N–H and O–H groups in total. The summed E-state index contributed by atoms with van der Waals surface area (Å²) in [6.07, 6.45) is 2.34. The molecule has 1 amide bonds. The van der Waals surface area contributed by atoms with Crippen molar-refractivity contribution in [2.75, 3.05) is 24.7 Å². The molecule has 1 aromatic carbocycles. The Labute approximate surface area is 153 Å². The van der Waals surface area contributed by atoms with Gasteiger partial charge in [0.1, 0.15) is 0 Å². The number of aromatic nitrogens is 1. The van der Waals surface area contributed by atoms with Crippen LogP contribution in [0.15, 0.2) is 23.6 Å². The van der Waals surface area contributed by atoms with E-state index in [4.69, 9.17) is 0 Å². The Morgan fingerprint density at radius 1 is 1.35 bits per heavy atom. The molecular weight excluding hydrogens is 384 g/mol. The van der Waals surface area contributed by atoms with Crippen LogP contribution >= 0.6 is 11.3 Å². The number of carbonyl (C=O) groups excluding carboxylic acids is 1. The van der Waals surface area contributed by atoms with Gasteiger partial charge < -0.3 is 5.32 Å². The number of nitrogens with one attached hydrogen (secondary N) is 1. The first kappa shape index (κ1) is 18.9. The fourth-order valence-corrected chi connectivity index (χ4v) is 4.42. The van der Waals surface area contributed by atoms with E-state index in [0.717, 1.165) is 29.7 Å². The first-order valence-electron chi connectivity index (χ1n) is 7.91. The average Bonchev–Trinajstić information content (AvgIpc) is 3.05. The lowest BCUT2D eigenvalue weighted by Gasteiger charge is -2.29. The highest BCUT2D eigenvalue weighted by Crippen LogP contribution is 2.27. The summed E-state index contributed by atoms with van der Waals surface area (Å²) < 4.78 is 51.0. The Morgan fingerprint density at radius 3 is 2.81 bits per heavy atom. The summed E-state index contributed by atoms with van der Waals surface area (Å²) in [7, 11) is -3.33. The van der Waals surface area contributed by atoms with Crippen molar-refractivity contribution in [1.82, 2.24) is 9.29 Å². The van der Waals surface area contributed by atoms with Crippen LogP contribution in [-0.2, 0) is 14.8 Å². The van der Waals surface area contributed by atoms with Gasteiger partial charge in [-0.2, -0.15) is 0 Å². The summed E-state index contributed by atoms with van der Waals surface area (Å²) in [5.41, 5.74) is 0.826. The molecule has 0 aliphatic carbocycles. The summed E-state index contributed by atoms with van der Waals surface area (Å²) in [6.45, 7) is 0.562. The molecule has 0 saturated carbocycles. The Balaban J connectivity index is 1.68. The number of amides is 1. The van der Waals surface area contributed by atoms with Crippen molar-refractivity contribution < 1.29 is 22.0 Å². The number of hydrogen-bond donors (Lipinski definition) is 1. The zero-order valence-corrected chi connectivity index (χ0v) is 15.5. The largest absolute Gasteiger partial charge is 0.302 e. The molecule has 3 rings (SSSR count). The van der Waals surface area contributed by atoms with Gasteiger partial charge in [0, 0.05) is 24.0 Å². The summed E-state index contributed by atoms with van der Waals surface area (Å²) in [4.78, 5) is 16.6. The standard InChI is InChI=1S/C16H17F2N3O3S2/c1-26(23,24)21-6-2-3-11(8-21)15(22)20-16-19-14(9-25-16)10-4-5-12(17)13(18)7-10/h4-5,7,9,11H,2-3,6,8H2,1H3,(H,19,20,22)/t11-/m1/s1. The van der Waals surface area contributed by atoms with Gasteiger partial charge in [-0.15, -0.1) is 11.3 Å². The molecule has 0 unspecified atom stereocenters. The Bertz CT molecular complexity index is 931. The van der Waals surface area contributed by atoms with E-state index in [1.807, 2.05) is 0 Å². The number of hydrogen-bond acceptors (Lipinski definition) is 5. The molecule has 1 fully saturated rings. The van der Waals surface area contributed by atoms with Gasteiger partial charge in [-0.3, -0.25) is 4.79 Å². The van der Waals surface area contributed by atoms with Crippen molar-refractivity contribution >= 4 is 32.4 Å². The number of anilines is 1. The first-order chi connectivity index (χ1) is 12.2. The van der Waals surface area contributed by atoms with E-state index < -0.39 is 27.6 Å². The molecule has 1 aliphatic rings. The maximum atomic E-state index is 13.3. The predicted octanol–water partition coefficient (Wildman–Crippen LogP) is 2.70. The molecule has 1 aliphatic heterocycles. The molecule has 140 valence electrons. The third-order valence-electron chi connectivity index (χ3n) is 4.17. The maximum Gasteiger partial charge on any atom is 0.230 e. The van der Waals surface area contributed by atoms with Crippen molar-refractivity contribution in [3.8, 4) is 11.3 Å². The molecule has 26 heavy (non-hydrogen) atoms. The Kier molecular flexibility index (Phi) is 5.35. The molecule has 0 radical (unpaired) electrons. The molecule has 2 aromatic rings. The fraction of sp³-hybridized carbons (Fsp3) is 0.375. The van der Waals surface area contributed by atoms with Crippen LogP contribution < -0.4 is 5.32 Å². The summed E-state index contributed by atoms with van der Waals surface area (Å²) in [6, 6.07) is 3.47. The molecule has 1 saturated heterocycles. The number of carbonyl (C=O) groups is 1. The molecule has 2 heterocycles. The zero-order valence-electron chi connectivity index (χ0n) is 13.9. The summed E-state index contributed by atoms with van der Waals surface area (Å²) in [5.74, 6) is -2.66. The number of sulfonamides is 1. The van der Waals surface area contributed by atoms with Crippen LogP contribution in [0.25, 0.3) is 11.3 Å². The van der Waals surface area contributed by atoms with Gasteiger partial charge >= 0.3 is 0 Å². The monoisotopic (exact) mass is 401 g/mol. The molecule has 0 spiro atoms. The van der Waals surface area contributed by atoms with Crippen LogP contribution in [0, 0.1) is 17.6 Å².